The highest BCUT2D eigenvalue weighted by molar-refractivity contribution is 5.87. The molecule has 3 rings (SSSR count). The van der Waals surface area contributed by atoms with Gasteiger partial charge in [0, 0.05) is 23.3 Å². The van der Waals surface area contributed by atoms with Crippen LogP contribution in [-0.2, 0) is 6.42 Å². The van der Waals surface area contributed by atoms with Gasteiger partial charge < -0.3 is 24.8 Å². The average molecular weight is 314 g/mol. The fraction of sp³-hybridized carbons (Fsp3) is 0.118. The predicted molar refractivity (Wildman–Crippen MR) is 84.0 cm³/mol. The zero-order valence-electron chi connectivity index (χ0n) is 12.2. The second-order valence-corrected chi connectivity index (χ2v) is 5.13. The van der Waals surface area contributed by atoms with Crippen LogP contribution < -0.4 is 5.43 Å². The molecule has 1 heterocycles. The number of phenolic OH excluding ortho intramolecular Hbond substituents is 4. The molecule has 0 amide bonds. The molecule has 0 spiro atoms. The molecule has 0 saturated heterocycles. The Bertz CT molecular complexity index is 971. The monoisotopic (exact) mass is 314 g/mol. The molecule has 0 radical (unpaired) electrons. The topological polar surface area (TPSA) is 111 Å². The first-order valence-electron chi connectivity index (χ1n) is 6.96. The molecule has 1 aromatic heterocycles. The summed E-state index contributed by atoms with van der Waals surface area (Å²) in [4.78, 5) is 12.6. The van der Waals surface area contributed by atoms with Crippen molar-refractivity contribution in [2.45, 2.75) is 13.3 Å². The highest BCUT2D eigenvalue weighted by Gasteiger charge is 2.18. The molecule has 0 aliphatic heterocycles. The van der Waals surface area contributed by atoms with Gasteiger partial charge in [-0.05, 0) is 24.6 Å². The third-order valence-corrected chi connectivity index (χ3v) is 3.64. The van der Waals surface area contributed by atoms with Crippen LogP contribution in [0.2, 0.25) is 0 Å². The van der Waals surface area contributed by atoms with Crippen molar-refractivity contribution in [3.05, 3.63) is 46.1 Å². The Labute approximate surface area is 130 Å². The maximum atomic E-state index is 12.6. The molecule has 2 aromatic carbocycles. The minimum absolute atomic E-state index is 0.00796. The summed E-state index contributed by atoms with van der Waals surface area (Å²) in [6, 6.07) is 6.38. The summed E-state index contributed by atoms with van der Waals surface area (Å²) >= 11 is 0. The van der Waals surface area contributed by atoms with E-state index in [0.717, 1.165) is 6.07 Å². The van der Waals surface area contributed by atoms with Crippen molar-refractivity contribution in [2.75, 3.05) is 0 Å². The lowest BCUT2D eigenvalue weighted by Gasteiger charge is -2.10. The van der Waals surface area contributed by atoms with Gasteiger partial charge >= 0.3 is 0 Å². The second kappa shape index (κ2) is 5.24. The Morgan fingerprint density at radius 3 is 2.35 bits per heavy atom. The van der Waals surface area contributed by atoms with Crippen molar-refractivity contribution in [2.24, 2.45) is 0 Å². The molecule has 0 fully saturated rings. The van der Waals surface area contributed by atoms with Gasteiger partial charge in [0.1, 0.15) is 28.2 Å². The van der Waals surface area contributed by atoms with Gasteiger partial charge in [-0.15, -0.1) is 0 Å². The maximum Gasteiger partial charge on any atom is 0.200 e. The first kappa shape index (κ1) is 14.8. The van der Waals surface area contributed by atoms with Gasteiger partial charge in [0.05, 0.1) is 0 Å². The molecule has 118 valence electrons. The lowest BCUT2D eigenvalue weighted by Crippen LogP contribution is -2.10. The van der Waals surface area contributed by atoms with Crippen LogP contribution in [0, 0.1) is 0 Å². The molecule has 0 aliphatic carbocycles. The number of hydrogen-bond donors (Lipinski definition) is 4. The quantitative estimate of drug-likeness (QED) is 0.541. The van der Waals surface area contributed by atoms with Gasteiger partial charge in [-0.2, -0.15) is 0 Å². The van der Waals surface area contributed by atoms with Crippen LogP contribution in [0.4, 0.5) is 0 Å². The molecule has 6 nitrogen and oxygen atoms in total. The van der Waals surface area contributed by atoms with Gasteiger partial charge in [-0.1, -0.05) is 6.92 Å². The van der Waals surface area contributed by atoms with Gasteiger partial charge in [0.15, 0.2) is 16.9 Å². The van der Waals surface area contributed by atoms with Crippen molar-refractivity contribution in [3.63, 3.8) is 0 Å². The maximum absolute atomic E-state index is 12.6. The predicted octanol–water partition coefficient (Wildman–Crippen LogP) is 2.84. The highest BCUT2D eigenvalue weighted by atomic mass is 16.3. The number of fused-ring (bicyclic) bond motifs is 1. The molecule has 0 aliphatic rings. The average Bonchev–Trinajstić information content (AvgIpc) is 2.49. The number of phenols is 4. The minimum Gasteiger partial charge on any atom is -0.508 e. The van der Waals surface area contributed by atoms with E-state index in [1.807, 2.05) is 0 Å². The van der Waals surface area contributed by atoms with Crippen molar-refractivity contribution in [3.8, 4) is 34.3 Å². The Balaban J connectivity index is 2.40. The van der Waals surface area contributed by atoms with E-state index >= 15 is 0 Å². The third-order valence-electron chi connectivity index (χ3n) is 3.64. The standard InChI is InChI=1S/C17H14O6/c1-2-10-16(22)15-13(21)6-9(18)7-14(15)23-17(10)8-3-4-11(19)12(20)5-8/h3-7,18-21H,2H2,1H3. The third kappa shape index (κ3) is 2.34. The molecule has 23 heavy (non-hydrogen) atoms. The summed E-state index contributed by atoms with van der Waals surface area (Å²) in [7, 11) is 0. The summed E-state index contributed by atoms with van der Waals surface area (Å²) in [6.07, 6.45) is 0.343. The van der Waals surface area contributed by atoms with Crippen molar-refractivity contribution >= 4 is 11.0 Å². The summed E-state index contributed by atoms with van der Waals surface area (Å²) in [5, 5.41) is 38.5. The molecular weight excluding hydrogens is 300 g/mol. The summed E-state index contributed by atoms with van der Waals surface area (Å²) < 4.78 is 5.69. The van der Waals surface area contributed by atoms with Crippen LogP contribution in [0.5, 0.6) is 23.0 Å². The van der Waals surface area contributed by atoms with E-state index in [-0.39, 0.29) is 39.7 Å². The van der Waals surface area contributed by atoms with Gasteiger partial charge in [-0.3, -0.25) is 4.79 Å². The second-order valence-electron chi connectivity index (χ2n) is 5.13. The van der Waals surface area contributed by atoms with Crippen LogP contribution in [0.25, 0.3) is 22.3 Å². The Kier molecular flexibility index (Phi) is 3.37. The minimum atomic E-state index is -0.409. The number of benzene rings is 2. The molecule has 0 bridgehead atoms. The molecular formula is C17H14O6. The van der Waals surface area contributed by atoms with E-state index < -0.39 is 5.43 Å². The first-order valence-corrected chi connectivity index (χ1v) is 6.96. The lowest BCUT2D eigenvalue weighted by atomic mass is 10.0. The fourth-order valence-electron chi connectivity index (χ4n) is 2.54. The van der Waals surface area contributed by atoms with Crippen LogP contribution >= 0.6 is 0 Å². The van der Waals surface area contributed by atoms with Crippen LogP contribution in [-0.4, -0.2) is 20.4 Å². The normalized spacial score (nSPS) is 11.0. The van der Waals surface area contributed by atoms with E-state index in [0.29, 0.717) is 17.5 Å². The fourth-order valence-corrected chi connectivity index (χ4v) is 2.54. The van der Waals surface area contributed by atoms with E-state index in [2.05, 4.69) is 0 Å². The molecule has 0 saturated carbocycles. The number of hydrogen-bond acceptors (Lipinski definition) is 6. The summed E-state index contributed by atoms with van der Waals surface area (Å²) in [5.74, 6) is -1.01. The molecule has 4 N–H and O–H groups in total. The first-order chi connectivity index (χ1) is 10.9. The zero-order chi connectivity index (χ0) is 16.7. The molecule has 0 atom stereocenters. The smallest absolute Gasteiger partial charge is 0.200 e. The van der Waals surface area contributed by atoms with Crippen LogP contribution in [0.15, 0.2) is 39.5 Å². The SMILES string of the molecule is CCc1c(-c2ccc(O)c(O)c2)oc2cc(O)cc(O)c2c1=O. The number of aromatic hydroxyl groups is 4. The van der Waals surface area contributed by atoms with E-state index in [1.165, 1.54) is 24.3 Å². The van der Waals surface area contributed by atoms with Gasteiger partial charge in [0.25, 0.3) is 0 Å². The largest absolute Gasteiger partial charge is 0.508 e. The van der Waals surface area contributed by atoms with Gasteiger partial charge in [0.2, 0.25) is 0 Å². The Morgan fingerprint density at radius 2 is 1.70 bits per heavy atom. The molecule has 0 unspecified atom stereocenters. The molecule has 3 aromatic rings. The lowest BCUT2D eigenvalue weighted by molar-refractivity contribution is 0.404. The van der Waals surface area contributed by atoms with Gasteiger partial charge in [-0.25, -0.2) is 0 Å². The Morgan fingerprint density at radius 1 is 0.957 bits per heavy atom. The number of rotatable bonds is 2. The zero-order valence-corrected chi connectivity index (χ0v) is 12.2. The van der Waals surface area contributed by atoms with Crippen molar-refractivity contribution < 1.29 is 24.8 Å². The van der Waals surface area contributed by atoms with Crippen LogP contribution in [0.3, 0.4) is 0 Å². The van der Waals surface area contributed by atoms with Crippen molar-refractivity contribution in [1.82, 2.24) is 0 Å². The van der Waals surface area contributed by atoms with E-state index in [4.69, 9.17) is 4.42 Å². The summed E-state index contributed by atoms with van der Waals surface area (Å²) in [5.41, 5.74) is 0.351. The van der Waals surface area contributed by atoms with E-state index in [1.54, 1.807) is 6.92 Å². The summed E-state index contributed by atoms with van der Waals surface area (Å²) in [6.45, 7) is 1.76. The van der Waals surface area contributed by atoms with Crippen LogP contribution in [0.1, 0.15) is 12.5 Å². The van der Waals surface area contributed by atoms with Crippen molar-refractivity contribution in [1.29, 1.82) is 0 Å². The molecule has 6 heteroatoms. The Hall–Kier alpha value is -3.15. The van der Waals surface area contributed by atoms with E-state index in [9.17, 15) is 25.2 Å². The highest BCUT2D eigenvalue weighted by Crippen LogP contribution is 2.35.